The van der Waals surface area contributed by atoms with Gasteiger partial charge in [0.15, 0.2) is 5.89 Å². The number of hydrogen-bond acceptors (Lipinski definition) is 3. The number of hydrogen-bond donors (Lipinski definition) is 0. The Hall–Kier alpha value is -2.11. The molecule has 19 heavy (non-hydrogen) atoms. The smallest absolute Gasteiger partial charge is 0.416 e. The van der Waals surface area contributed by atoms with Crippen molar-refractivity contribution in [2.45, 2.75) is 19.0 Å². The molecule has 2 rings (SSSR count). The van der Waals surface area contributed by atoms with Gasteiger partial charge < -0.3 is 9.21 Å². The molecule has 0 N–H and O–H groups in total. The Balaban J connectivity index is 2.25. The Bertz CT molecular complexity index is 575. The summed E-state index contributed by atoms with van der Waals surface area (Å²) in [6, 6.07) is 5.26. The highest BCUT2D eigenvalue weighted by molar-refractivity contribution is 5.52. The number of rotatable bonds is 4. The van der Waals surface area contributed by atoms with Crippen LogP contribution < -0.4 is 0 Å². The average Bonchev–Trinajstić information content (AvgIpc) is 2.76. The van der Waals surface area contributed by atoms with Crippen LogP contribution in [0.1, 0.15) is 22.8 Å². The molecule has 1 aromatic heterocycles. The summed E-state index contributed by atoms with van der Waals surface area (Å²) in [5.74, 6) is 0.503. The Labute approximate surface area is 107 Å². The van der Waals surface area contributed by atoms with Crippen molar-refractivity contribution in [3.63, 3.8) is 0 Å². The fourth-order valence-corrected chi connectivity index (χ4v) is 1.72. The highest BCUT2D eigenvalue weighted by Crippen LogP contribution is 2.32. The van der Waals surface area contributed by atoms with E-state index < -0.39 is 11.7 Å². The van der Waals surface area contributed by atoms with Crippen LogP contribution in [0.3, 0.4) is 0 Å². The molecule has 1 heterocycles. The highest BCUT2D eigenvalue weighted by Gasteiger charge is 2.33. The fourth-order valence-electron chi connectivity index (χ4n) is 1.72. The summed E-state index contributed by atoms with van der Waals surface area (Å²) in [7, 11) is 0. The lowest BCUT2D eigenvalue weighted by atomic mass is 10.0. The van der Waals surface area contributed by atoms with Crippen molar-refractivity contribution in [2.24, 2.45) is 0 Å². The van der Waals surface area contributed by atoms with Gasteiger partial charge in [0.2, 0.25) is 0 Å². The van der Waals surface area contributed by atoms with E-state index >= 15 is 0 Å². The number of aldehydes is 1. The third-order valence-electron chi connectivity index (χ3n) is 2.55. The summed E-state index contributed by atoms with van der Waals surface area (Å²) in [6.45, 7) is 0. The van der Waals surface area contributed by atoms with Crippen LogP contribution in [-0.2, 0) is 23.8 Å². The molecule has 0 fully saturated rings. The lowest BCUT2D eigenvalue weighted by Gasteiger charge is -2.11. The maximum Gasteiger partial charge on any atom is 0.416 e. The molecule has 0 aliphatic rings. The van der Waals surface area contributed by atoms with E-state index in [1.807, 2.05) is 0 Å². The third kappa shape index (κ3) is 3.21. The zero-order chi connectivity index (χ0) is 13.9. The summed E-state index contributed by atoms with van der Waals surface area (Å²) in [6.07, 6.45) is -2.41. The maximum absolute atomic E-state index is 12.8. The molecular formula is C13H10F3NO2. The van der Waals surface area contributed by atoms with Crippen LogP contribution in [0.15, 0.2) is 34.9 Å². The van der Waals surface area contributed by atoms with Crippen molar-refractivity contribution in [1.29, 1.82) is 0 Å². The van der Waals surface area contributed by atoms with Gasteiger partial charge in [-0.15, -0.1) is 0 Å². The first-order valence-corrected chi connectivity index (χ1v) is 5.53. The van der Waals surface area contributed by atoms with E-state index in [-0.39, 0.29) is 24.3 Å². The first-order valence-electron chi connectivity index (χ1n) is 5.53. The molecule has 2 aromatic rings. The van der Waals surface area contributed by atoms with Gasteiger partial charge in [-0.2, -0.15) is 13.2 Å². The van der Waals surface area contributed by atoms with Gasteiger partial charge >= 0.3 is 6.18 Å². The van der Waals surface area contributed by atoms with Crippen molar-refractivity contribution >= 4 is 6.29 Å². The molecule has 3 nitrogen and oxygen atoms in total. The number of benzene rings is 1. The molecule has 6 heteroatoms. The van der Waals surface area contributed by atoms with E-state index in [0.717, 1.165) is 6.07 Å². The zero-order valence-electron chi connectivity index (χ0n) is 9.78. The van der Waals surface area contributed by atoms with E-state index in [4.69, 9.17) is 4.42 Å². The molecule has 0 spiro atoms. The Morgan fingerprint density at radius 3 is 2.68 bits per heavy atom. The second-order valence-corrected chi connectivity index (χ2v) is 3.92. The van der Waals surface area contributed by atoms with E-state index in [0.29, 0.717) is 12.0 Å². The minimum atomic E-state index is -4.41. The van der Waals surface area contributed by atoms with Crippen LogP contribution in [0, 0.1) is 0 Å². The Morgan fingerprint density at radius 2 is 2.00 bits per heavy atom. The monoisotopic (exact) mass is 269 g/mol. The number of halogens is 3. The third-order valence-corrected chi connectivity index (χ3v) is 2.55. The van der Waals surface area contributed by atoms with Crippen molar-refractivity contribution in [3.8, 4) is 0 Å². The van der Waals surface area contributed by atoms with Crippen LogP contribution in [-0.4, -0.2) is 11.3 Å². The van der Waals surface area contributed by atoms with Crippen molar-refractivity contribution in [1.82, 2.24) is 4.98 Å². The summed E-state index contributed by atoms with van der Waals surface area (Å²) in [4.78, 5) is 14.2. The van der Waals surface area contributed by atoms with Gasteiger partial charge in [0, 0.05) is 6.42 Å². The SMILES string of the molecule is O=CCc1cnc(Cc2ccccc2C(F)(F)F)o1. The molecule has 1 aromatic carbocycles. The molecule has 0 saturated heterocycles. The standard InChI is InChI=1S/C13H10F3NO2/c14-13(15,16)11-4-2-1-3-9(11)7-12-17-8-10(19-12)5-6-18/h1-4,6,8H,5,7H2. The van der Waals surface area contributed by atoms with Crippen molar-refractivity contribution in [3.05, 3.63) is 53.2 Å². The predicted octanol–water partition coefficient (Wildman–Crippen LogP) is 3.03. The minimum absolute atomic E-state index is 0.0610. The summed E-state index contributed by atoms with van der Waals surface area (Å²) in [5.41, 5.74) is -0.611. The number of aromatic nitrogens is 1. The van der Waals surface area contributed by atoms with Crippen molar-refractivity contribution in [2.75, 3.05) is 0 Å². The van der Waals surface area contributed by atoms with Gasteiger partial charge in [0.1, 0.15) is 12.0 Å². The Morgan fingerprint density at radius 1 is 1.26 bits per heavy atom. The molecule has 0 amide bonds. The molecule has 0 saturated carbocycles. The topological polar surface area (TPSA) is 43.1 Å². The van der Waals surface area contributed by atoms with Gasteiger partial charge in [0.05, 0.1) is 18.2 Å². The lowest BCUT2D eigenvalue weighted by Crippen LogP contribution is -2.09. The number of carbonyl (C=O) groups excluding carboxylic acids is 1. The van der Waals surface area contributed by atoms with Crippen LogP contribution >= 0.6 is 0 Å². The lowest BCUT2D eigenvalue weighted by molar-refractivity contribution is -0.138. The second-order valence-electron chi connectivity index (χ2n) is 3.92. The van der Waals surface area contributed by atoms with Gasteiger partial charge in [0.25, 0.3) is 0 Å². The quantitative estimate of drug-likeness (QED) is 0.801. The van der Waals surface area contributed by atoms with Gasteiger partial charge in [-0.05, 0) is 11.6 Å². The zero-order valence-corrected chi connectivity index (χ0v) is 9.78. The molecule has 0 aliphatic carbocycles. The highest BCUT2D eigenvalue weighted by atomic mass is 19.4. The molecular weight excluding hydrogens is 259 g/mol. The molecule has 0 radical (unpaired) electrons. The van der Waals surface area contributed by atoms with E-state index in [1.54, 1.807) is 0 Å². The van der Waals surface area contributed by atoms with Crippen LogP contribution in [0.2, 0.25) is 0 Å². The van der Waals surface area contributed by atoms with Crippen molar-refractivity contribution < 1.29 is 22.4 Å². The number of nitrogens with zero attached hydrogens (tertiary/aromatic N) is 1. The van der Waals surface area contributed by atoms with Crippen LogP contribution in [0.4, 0.5) is 13.2 Å². The molecule has 0 atom stereocenters. The Kier molecular flexibility index (Phi) is 3.69. The molecule has 0 bridgehead atoms. The summed E-state index contributed by atoms with van der Waals surface area (Å²) in [5, 5.41) is 0. The van der Waals surface area contributed by atoms with Crippen LogP contribution in [0.5, 0.6) is 0 Å². The summed E-state index contributed by atoms with van der Waals surface area (Å²) >= 11 is 0. The minimum Gasteiger partial charge on any atom is -0.445 e. The number of alkyl halides is 3. The van der Waals surface area contributed by atoms with E-state index in [2.05, 4.69) is 4.98 Å². The largest absolute Gasteiger partial charge is 0.445 e. The second kappa shape index (κ2) is 5.26. The normalized spacial score (nSPS) is 11.5. The van der Waals surface area contributed by atoms with Gasteiger partial charge in [-0.25, -0.2) is 4.98 Å². The first-order chi connectivity index (χ1) is 9.00. The number of oxazole rings is 1. The number of carbonyl (C=O) groups is 1. The first kappa shape index (κ1) is 13.3. The summed E-state index contributed by atoms with van der Waals surface area (Å²) < 4.78 is 43.5. The van der Waals surface area contributed by atoms with E-state index in [9.17, 15) is 18.0 Å². The maximum atomic E-state index is 12.8. The molecule has 0 aliphatic heterocycles. The van der Waals surface area contributed by atoms with Gasteiger partial charge in [-0.1, -0.05) is 18.2 Å². The van der Waals surface area contributed by atoms with E-state index in [1.165, 1.54) is 24.4 Å². The predicted molar refractivity (Wildman–Crippen MR) is 60.5 cm³/mol. The van der Waals surface area contributed by atoms with Crippen LogP contribution in [0.25, 0.3) is 0 Å². The average molecular weight is 269 g/mol. The molecule has 0 unspecified atom stereocenters. The fraction of sp³-hybridized carbons (Fsp3) is 0.231. The molecule has 100 valence electrons. The van der Waals surface area contributed by atoms with Gasteiger partial charge in [-0.3, -0.25) is 0 Å².